The van der Waals surface area contributed by atoms with Crippen LogP contribution >= 0.6 is 0 Å². The fourth-order valence-electron chi connectivity index (χ4n) is 2.30. The van der Waals surface area contributed by atoms with E-state index in [1.807, 2.05) is 44.2 Å². The zero-order valence-electron chi connectivity index (χ0n) is 14.7. The summed E-state index contributed by atoms with van der Waals surface area (Å²) in [6.07, 6.45) is 1.61. The molecule has 0 atom stereocenters. The van der Waals surface area contributed by atoms with Crippen LogP contribution in [0.4, 0.5) is 5.69 Å². The molecule has 0 fully saturated rings. The van der Waals surface area contributed by atoms with Crippen LogP contribution in [0.1, 0.15) is 42.0 Å². The molecule has 0 spiro atoms. The van der Waals surface area contributed by atoms with E-state index < -0.39 is 0 Å². The minimum absolute atomic E-state index is 0.117. The monoisotopic (exact) mass is 324 g/mol. The van der Waals surface area contributed by atoms with Gasteiger partial charge >= 0.3 is 0 Å². The van der Waals surface area contributed by atoms with Gasteiger partial charge in [-0.15, -0.1) is 0 Å². The molecule has 0 aliphatic rings. The average molecular weight is 324 g/mol. The number of benzene rings is 2. The first-order chi connectivity index (χ1) is 11.5. The van der Waals surface area contributed by atoms with Crippen molar-refractivity contribution >= 4 is 17.8 Å². The Morgan fingerprint density at radius 3 is 2.50 bits per heavy atom. The van der Waals surface area contributed by atoms with E-state index in [0.717, 1.165) is 22.4 Å². The van der Waals surface area contributed by atoms with Crippen LogP contribution in [-0.4, -0.2) is 18.7 Å². The predicted molar refractivity (Wildman–Crippen MR) is 98.6 cm³/mol. The Hall–Kier alpha value is -2.62. The van der Waals surface area contributed by atoms with Crippen molar-refractivity contribution < 1.29 is 9.63 Å². The van der Waals surface area contributed by atoms with Crippen LogP contribution in [0.5, 0.6) is 0 Å². The first kappa shape index (κ1) is 17.7. The highest BCUT2D eigenvalue weighted by Gasteiger charge is 2.05. The van der Waals surface area contributed by atoms with Crippen LogP contribution in [0.25, 0.3) is 0 Å². The Morgan fingerprint density at radius 2 is 1.88 bits per heavy atom. The second kappa shape index (κ2) is 8.29. The molecule has 4 nitrogen and oxygen atoms in total. The lowest BCUT2D eigenvalue weighted by Crippen LogP contribution is -2.17. The number of rotatable bonds is 6. The maximum atomic E-state index is 11.9. The number of nitrogens with zero attached hydrogens (tertiary/aromatic N) is 1. The Bertz CT molecular complexity index is 719. The van der Waals surface area contributed by atoms with Crippen LogP contribution in [0, 0.1) is 13.8 Å². The molecular formula is C20H24N2O2. The van der Waals surface area contributed by atoms with Crippen LogP contribution in [0.2, 0.25) is 0 Å². The van der Waals surface area contributed by atoms with Gasteiger partial charge in [0.05, 0.1) is 6.21 Å². The van der Waals surface area contributed by atoms with Crippen molar-refractivity contribution in [3.8, 4) is 0 Å². The molecule has 0 bridgehead atoms. The molecule has 0 aliphatic heterocycles. The van der Waals surface area contributed by atoms with Crippen molar-refractivity contribution in [1.82, 2.24) is 0 Å². The highest BCUT2D eigenvalue weighted by Crippen LogP contribution is 2.16. The molecule has 0 saturated carbocycles. The van der Waals surface area contributed by atoms with Gasteiger partial charge in [0.25, 0.3) is 5.91 Å². The van der Waals surface area contributed by atoms with E-state index in [1.165, 1.54) is 5.56 Å². The fraction of sp³-hybridized carbons (Fsp3) is 0.300. The highest BCUT2D eigenvalue weighted by atomic mass is 16.6. The molecule has 126 valence electrons. The third-order valence-electron chi connectivity index (χ3n) is 3.73. The number of aryl methyl sites for hydroxylation is 2. The second-order valence-corrected chi connectivity index (χ2v) is 6.20. The molecule has 2 rings (SSSR count). The van der Waals surface area contributed by atoms with E-state index in [4.69, 9.17) is 4.84 Å². The molecule has 2 aromatic carbocycles. The van der Waals surface area contributed by atoms with Gasteiger partial charge in [-0.1, -0.05) is 61.0 Å². The summed E-state index contributed by atoms with van der Waals surface area (Å²) in [7, 11) is 0. The lowest BCUT2D eigenvalue weighted by Gasteiger charge is -2.08. The summed E-state index contributed by atoms with van der Waals surface area (Å²) >= 11 is 0. The fourth-order valence-corrected chi connectivity index (χ4v) is 2.30. The zero-order valence-corrected chi connectivity index (χ0v) is 14.7. The normalized spacial score (nSPS) is 11.0. The molecule has 1 amide bonds. The molecule has 0 heterocycles. The topological polar surface area (TPSA) is 50.7 Å². The molecule has 0 aromatic heterocycles. The van der Waals surface area contributed by atoms with E-state index in [2.05, 4.69) is 36.5 Å². The molecule has 0 aliphatic carbocycles. The molecule has 0 unspecified atom stereocenters. The Balaban J connectivity index is 1.81. The van der Waals surface area contributed by atoms with Gasteiger partial charge in [-0.3, -0.25) is 4.79 Å². The summed E-state index contributed by atoms with van der Waals surface area (Å²) < 4.78 is 0. The van der Waals surface area contributed by atoms with Crippen molar-refractivity contribution in [3.63, 3.8) is 0 Å². The van der Waals surface area contributed by atoms with Crippen molar-refractivity contribution in [2.75, 3.05) is 11.9 Å². The Labute approximate surface area is 143 Å². The Morgan fingerprint density at radius 1 is 1.17 bits per heavy atom. The lowest BCUT2D eigenvalue weighted by molar-refractivity contribution is -0.120. The minimum Gasteiger partial charge on any atom is -0.386 e. The lowest BCUT2D eigenvalue weighted by atomic mass is 10.0. The molecule has 1 N–H and O–H groups in total. The van der Waals surface area contributed by atoms with E-state index in [9.17, 15) is 4.79 Å². The van der Waals surface area contributed by atoms with Crippen molar-refractivity contribution in [2.45, 2.75) is 33.6 Å². The third kappa shape index (κ3) is 5.23. The summed E-state index contributed by atoms with van der Waals surface area (Å²) in [4.78, 5) is 16.9. The third-order valence-corrected chi connectivity index (χ3v) is 3.73. The first-order valence-corrected chi connectivity index (χ1v) is 8.08. The number of amides is 1. The van der Waals surface area contributed by atoms with Gasteiger partial charge in [0.1, 0.15) is 0 Å². The number of carbonyl (C=O) groups is 1. The first-order valence-electron chi connectivity index (χ1n) is 8.08. The molecular weight excluding hydrogens is 300 g/mol. The highest BCUT2D eigenvalue weighted by molar-refractivity contribution is 5.92. The number of hydrogen-bond acceptors (Lipinski definition) is 3. The molecule has 2 aromatic rings. The number of hydrogen-bond donors (Lipinski definition) is 1. The Kier molecular flexibility index (Phi) is 6.13. The van der Waals surface area contributed by atoms with E-state index in [1.54, 1.807) is 6.21 Å². The summed E-state index contributed by atoms with van der Waals surface area (Å²) in [6, 6.07) is 14.0. The van der Waals surface area contributed by atoms with Gasteiger partial charge in [0.15, 0.2) is 6.61 Å². The van der Waals surface area contributed by atoms with Gasteiger partial charge in [-0.05, 0) is 42.5 Å². The van der Waals surface area contributed by atoms with Crippen molar-refractivity contribution in [3.05, 3.63) is 64.7 Å². The van der Waals surface area contributed by atoms with Gasteiger partial charge in [0.2, 0.25) is 0 Å². The SMILES string of the molecule is Cc1ccc(NC(=O)CO/N=C\c2ccc(C(C)C)cc2)c(C)c1. The predicted octanol–water partition coefficient (Wildman–Crippen LogP) is 4.42. The van der Waals surface area contributed by atoms with E-state index in [-0.39, 0.29) is 12.5 Å². The number of oxime groups is 1. The van der Waals surface area contributed by atoms with Crippen LogP contribution in [-0.2, 0) is 9.63 Å². The van der Waals surface area contributed by atoms with Gasteiger partial charge < -0.3 is 10.2 Å². The summed E-state index contributed by atoms with van der Waals surface area (Å²) in [5, 5.41) is 6.67. The van der Waals surface area contributed by atoms with Crippen molar-refractivity contribution in [2.24, 2.45) is 5.16 Å². The number of carbonyl (C=O) groups excluding carboxylic acids is 1. The maximum absolute atomic E-state index is 11.9. The summed E-state index contributed by atoms with van der Waals surface area (Å²) in [5.41, 5.74) is 5.20. The summed E-state index contributed by atoms with van der Waals surface area (Å²) in [5.74, 6) is 0.274. The van der Waals surface area contributed by atoms with Gasteiger partial charge in [-0.25, -0.2) is 0 Å². The molecule has 24 heavy (non-hydrogen) atoms. The maximum Gasteiger partial charge on any atom is 0.265 e. The number of anilines is 1. The summed E-state index contributed by atoms with van der Waals surface area (Å²) in [6.45, 7) is 8.17. The second-order valence-electron chi connectivity index (χ2n) is 6.20. The average Bonchev–Trinajstić information content (AvgIpc) is 2.55. The van der Waals surface area contributed by atoms with Gasteiger partial charge in [0, 0.05) is 5.69 Å². The standard InChI is InChI=1S/C20H24N2O2/c1-14(2)18-8-6-17(7-9-18)12-21-24-13-20(23)22-19-10-5-15(3)11-16(19)4/h5-12,14H,13H2,1-4H3,(H,22,23)/b21-12-. The van der Waals surface area contributed by atoms with Crippen LogP contribution in [0.15, 0.2) is 47.6 Å². The molecule has 0 radical (unpaired) electrons. The van der Waals surface area contributed by atoms with Crippen molar-refractivity contribution in [1.29, 1.82) is 0 Å². The zero-order chi connectivity index (χ0) is 17.5. The molecule has 4 heteroatoms. The largest absolute Gasteiger partial charge is 0.386 e. The van der Waals surface area contributed by atoms with Crippen LogP contribution < -0.4 is 5.32 Å². The number of nitrogens with one attached hydrogen (secondary N) is 1. The quantitative estimate of drug-likeness (QED) is 0.632. The van der Waals surface area contributed by atoms with E-state index >= 15 is 0 Å². The van der Waals surface area contributed by atoms with Crippen LogP contribution in [0.3, 0.4) is 0 Å². The van der Waals surface area contributed by atoms with E-state index in [0.29, 0.717) is 5.92 Å². The van der Waals surface area contributed by atoms with Gasteiger partial charge in [-0.2, -0.15) is 0 Å². The molecule has 0 saturated heterocycles. The smallest absolute Gasteiger partial charge is 0.265 e. The minimum atomic E-state index is -0.228.